The van der Waals surface area contributed by atoms with Gasteiger partial charge in [-0.15, -0.1) is 24.0 Å². The minimum absolute atomic E-state index is 0. The molecule has 2 rings (SSSR count). The predicted octanol–water partition coefficient (Wildman–Crippen LogP) is 2.74. The fraction of sp³-hybridized carbons (Fsp3) is 0.950. The molecule has 1 saturated heterocycles. The van der Waals surface area contributed by atoms with Crippen molar-refractivity contribution in [1.29, 1.82) is 0 Å². The van der Waals surface area contributed by atoms with Crippen LogP contribution < -0.4 is 10.6 Å². The van der Waals surface area contributed by atoms with Crippen LogP contribution in [0.5, 0.6) is 0 Å². The van der Waals surface area contributed by atoms with Crippen LogP contribution in [0.1, 0.15) is 59.8 Å². The number of rotatable bonds is 7. The molecule has 1 unspecified atom stereocenters. The third kappa shape index (κ3) is 8.07. The lowest BCUT2D eigenvalue weighted by Gasteiger charge is -2.47. The van der Waals surface area contributed by atoms with E-state index in [0.29, 0.717) is 12.3 Å². The van der Waals surface area contributed by atoms with Gasteiger partial charge in [-0.05, 0) is 40.5 Å². The van der Waals surface area contributed by atoms with E-state index in [1.54, 1.807) is 0 Å². The molecule has 0 radical (unpaired) electrons. The first-order chi connectivity index (χ1) is 12.9. The molecule has 1 heterocycles. The zero-order valence-corrected chi connectivity index (χ0v) is 21.4. The van der Waals surface area contributed by atoms with Crippen molar-refractivity contribution in [1.82, 2.24) is 15.5 Å². The molecule has 1 aliphatic carbocycles. The summed E-state index contributed by atoms with van der Waals surface area (Å²) < 4.78 is 17.7. The molecule has 0 aromatic rings. The molecule has 8 heteroatoms. The highest BCUT2D eigenvalue weighted by molar-refractivity contribution is 14.0. The Bertz CT molecular complexity index is 499. The van der Waals surface area contributed by atoms with Gasteiger partial charge in [0.2, 0.25) is 0 Å². The van der Waals surface area contributed by atoms with Gasteiger partial charge in [0.15, 0.2) is 5.96 Å². The zero-order chi connectivity index (χ0) is 19.8. The minimum atomic E-state index is -0.845. The Morgan fingerprint density at radius 2 is 1.79 bits per heavy atom. The molecule has 0 aromatic carbocycles. The van der Waals surface area contributed by atoms with Crippen LogP contribution in [0.4, 0.5) is 0 Å². The Morgan fingerprint density at radius 3 is 2.36 bits per heavy atom. The maximum absolute atomic E-state index is 12.3. The highest BCUT2D eigenvalue weighted by atomic mass is 127. The summed E-state index contributed by atoms with van der Waals surface area (Å²) in [5.41, 5.74) is 0.179. The predicted molar refractivity (Wildman–Crippen MR) is 130 cm³/mol. The molecule has 1 atom stereocenters. The van der Waals surface area contributed by atoms with Crippen LogP contribution in [-0.2, 0) is 15.5 Å². The molecule has 0 amide bonds. The Kier molecular flexibility index (Phi) is 11.8. The quantitative estimate of drug-likeness (QED) is 0.302. The van der Waals surface area contributed by atoms with Gasteiger partial charge in [0.25, 0.3) is 0 Å². The highest BCUT2D eigenvalue weighted by Crippen LogP contribution is 2.34. The van der Waals surface area contributed by atoms with Gasteiger partial charge in [-0.2, -0.15) is 0 Å². The number of ether oxygens (including phenoxy) is 1. The van der Waals surface area contributed by atoms with E-state index in [2.05, 4.69) is 22.5 Å². The van der Waals surface area contributed by atoms with Crippen LogP contribution in [0.25, 0.3) is 0 Å². The summed E-state index contributed by atoms with van der Waals surface area (Å²) in [7, 11) is -0.845. The second-order valence-corrected chi connectivity index (χ2v) is 11.0. The third-order valence-corrected chi connectivity index (χ3v) is 7.55. The number of nitrogens with one attached hydrogen (secondary N) is 2. The average Bonchev–Trinajstić information content (AvgIpc) is 2.66. The zero-order valence-electron chi connectivity index (χ0n) is 18.2. The molecule has 0 spiro atoms. The van der Waals surface area contributed by atoms with E-state index in [4.69, 9.17) is 9.73 Å². The monoisotopic (exact) mass is 528 g/mol. The van der Waals surface area contributed by atoms with E-state index >= 15 is 0 Å². The van der Waals surface area contributed by atoms with Crippen LogP contribution in [0, 0.1) is 0 Å². The standard InChI is InChI=1S/C20H40N4O2S.HI/c1-5-21-18(22-11-16-27(25)19(2,3)4)23-17-20(9-7-6-8-10-20)24-12-14-26-15-13-24;/h5-17H2,1-4H3,(H2,21,22,23);1H. The summed E-state index contributed by atoms with van der Waals surface area (Å²) in [6.07, 6.45) is 6.38. The maximum Gasteiger partial charge on any atom is 0.191 e. The Hall–Kier alpha value is 0.0700. The smallest absolute Gasteiger partial charge is 0.191 e. The topological polar surface area (TPSA) is 66.0 Å². The van der Waals surface area contributed by atoms with Gasteiger partial charge < -0.3 is 15.4 Å². The molecule has 2 fully saturated rings. The van der Waals surface area contributed by atoms with Crippen molar-refractivity contribution in [2.75, 3.05) is 51.7 Å². The largest absolute Gasteiger partial charge is 0.379 e. The van der Waals surface area contributed by atoms with Gasteiger partial charge >= 0.3 is 0 Å². The van der Waals surface area contributed by atoms with E-state index in [9.17, 15) is 4.21 Å². The second-order valence-electron chi connectivity index (χ2n) is 8.67. The van der Waals surface area contributed by atoms with Crippen LogP contribution in [0.3, 0.4) is 0 Å². The van der Waals surface area contributed by atoms with Crippen LogP contribution in [0.15, 0.2) is 4.99 Å². The molecule has 1 aliphatic heterocycles. The first-order valence-electron chi connectivity index (χ1n) is 10.6. The summed E-state index contributed by atoms with van der Waals surface area (Å²) in [5.74, 6) is 1.49. The van der Waals surface area contributed by atoms with Gasteiger partial charge in [0.1, 0.15) is 0 Å². The number of halogens is 1. The number of hydrogen-bond acceptors (Lipinski definition) is 4. The van der Waals surface area contributed by atoms with Crippen molar-refractivity contribution in [2.24, 2.45) is 4.99 Å². The van der Waals surface area contributed by atoms with Gasteiger partial charge in [-0.3, -0.25) is 14.1 Å². The van der Waals surface area contributed by atoms with Gasteiger partial charge in [-0.1, -0.05) is 19.3 Å². The normalized spacial score (nSPS) is 22.2. The van der Waals surface area contributed by atoms with Crippen molar-refractivity contribution in [2.45, 2.75) is 70.1 Å². The summed E-state index contributed by atoms with van der Waals surface area (Å²) in [5, 5.41) is 6.74. The summed E-state index contributed by atoms with van der Waals surface area (Å²) >= 11 is 0. The van der Waals surface area contributed by atoms with Crippen molar-refractivity contribution in [3.05, 3.63) is 0 Å². The van der Waals surface area contributed by atoms with E-state index in [-0.39, 0.29) is 34.3 Å². The van der Waals surface area contributed by atoms with E-state index < -0.39 is 10.8 Å². The van der Waals surface area contributed by atoms with E-state index in [1.807, 2.05) is 20.8 Å². The van der Waals surface area contributed by atoms with Crippen molar-refractivity contribution in [3.8, 4) is 0 Å². The number of hydrogen-bond donors (Lipinski definition) is 2. The number of guanidine groups is 1. The summed E-state index contributed by atoms with van der Waals surface area (Å²) in [4.78, 5) is 7.58. The van der Waals surface area contributed by atoms with E-state index in [0.717, 1.165) is 45.4 Å². The molecule has 28 heavy (non-hydrogen) atoms. The summed E-state index contributed by atoms with van der Waals surface area (Å²) in [6, 6.07) is 0. The fourth-order valence-corrected chi connectivity index (χ4v) is 4.86. The third-order valence-electron chi connectivity index (χ3n) is 5.60. The lowest BCUT2D eigenvalue weighted by molar-refractivity contribution is -0.0333. The molecule has 2 N–H and O–H groups in total. The summed E-state index contributed by atoms with van der Waals surface area (Å²) in [6.45, 7) is 14.2. The van der Waals surface area contributed by atoms with Crippen molar-refractivity contribution < 1.29 is 8.95 Å². The minimum Gasteiger partial charge on any atom is -0.379 e. The SMILES string of the molecule is CCNC(=NCC1(N2CCOCC2)CCCCC1)NCCS(=O)C(C)(C)C.I. The molecule has 2 aliphatic rings. The van der Waals surface area contributed by atoms with Gasteiger partial charge in [0.05, 0.1) is 19.8 Å². The molecule has 0 bridgehead atoms. The van der Waals surface area contributed by atoms with Crippen molar-refractivity contribution >= 4 is 40.7 Å². The van der Waals surface area contributed by atoms with Crippen LogP contribution in [-0.4, -0.2) is 77.0 Å². The molecular formula is C20H41IN4O2S. The van der Waals surface area contributed by atoms with Crippen LogP contribution in [0.2, 0.25) is 0 Å². The van der Waals surface area contributed by atoms with Gasteiger partial charge in [0, 0.05) is 53.0 Å². The number of nitrogens with zero attached hydrogens (tertiary/aromatic N) is 2. The van der Waals surface area contributed by atoms with Crippen molar-refractivity contribution in [3.63, 3.8) is 0 Å². The molecular weight excluding hydrogens is 487 g/mol. The molecule has 1 saturated carbocycles. The molecule has 0 aromatic heterocycles. The Morgan fingerprint density at radius 1 is 1.14 bits per heavy atom. The lowest BCUT2D eigenvalue weighted by atomic mass is 9.80. The van der Waals surface area contributed by atoms with E-state index in [1.165, 1.54) is 32.1 Å². The number of aliphatic imine (C=N–C) groups is 1. The van der Waals surface area contributed by atoms with Crippen LogP contribution >= 0.6 is 24.0 Å². The average molecular weight is 529 g/mol. The second kappa shape index (κ2) is 12.7. The molecule has 166 valence electrons. The van der Waals surface area contributed by atoms with Gasteiger partial charge in [-0.25, -0.2) is 0 Å². The Balaban J connectivity index is 0.00000392. The first-order valence-corrected chi connectivity index (χ1v) is 11.9. The fourth-order valence-electron chi connectivity index (χ4n) is 3.96. The first kappa shape index (κ1) is 26.1. The molecule has 6 nitrogen and oxygen atoms in total. The lowest BCUT2D eigenvalue weighted by Crippen LogP contribution is -2.56. The maximum atomic E-state index is 12.3. The Labute approximate surface area is 191 Å². The number of morpholine rings is 1. The highest BCUT2D eigenvalue weighted by Gasteiger charge is 2.38.